The van der Waals surface area contributed by atoms with Crippen LogP contribution in [0.25, 0.3) is 11.1 Å². The first-order valence-electron chi connectivity index (χ1n) is 10.3. The molecule has 9 heteroatoms. The van der Waals surface area contributed by atoms with Crippen molar-refractivity contribution in [2.75, 3.05) is 32.8 Å². The van der Waals surface area contributed by atoms with Crippen LogP contribution in [-0.4, -0.2) is 59.8 Å². The van der Waals surface area contributed by atoms with Gasteiger partial charge in [-0.3, -0.25) is 9.48 Å². The minimum absolute atomic E-state index is 0.158. The summed E-state index contributed by atoms with van der Waals surface area (Å²) in [5.74, 6) is 0.216. The van der Waals surface area contributed by atoms with Crippen molar-refractivity contribution in [1.82, 2.24) is 20.0 Å². The van der Waals surface area contributed by atoms with Gasteiger partial charge >= 0.3 is 0 Å². The predicted octanol–water partition coefficient (Wildman–Crippen LogP) is 1.88. The molecule has 2 aliphatic heterocycles. The lowest BCUT2D eigenvalue weighted by Gasteiger charge is -2.31. The van der Waals surface area contributed by atoms with Crippen LogP contribution in [0.15, 0.2) is 40.7 Å². The van der Waals surface area contributed by atoms with E-state index in [2.05, 4.69) is 15.4 Å². The van der Waals surface area contributed by atoms with Crippen molar-refractivity contribution in [3.8, 4) is 11.1 Å². The van der Waals surface area contributed by atoms with Gasteiger partial charge in [0.15, 0.2) is 0 Å². The standard InChI is InChI=1S/C22H27FN6O2/c1-14-17(9-26-28(14)2)16-3-4-21(19(23)7-16)27-22(24)18-10-29(13-30)6-5-20(18)25-8-15-11-31-12-15/h3-4,7,9,13,15,25H,5-6,8,10-12H2,1-2H3,(H2,24,27). The average molecular weight is 426 g/mol. The van der Waals surface area contributed by atoms with Gasteiger partial charge in [0.2, 0.25) is 6.41 Å². The Labute approximate surface area is 180 Å². The van der Waals surface area contributed by atoms with Crippen LogP contribution in [-0.2, 0) is 16.6 Å². The summed E-state index contributed by atoms with van der Waals surface area (Å²) in [6.45, 7) is 5.15. The topological polar surface area (TPSA) is 97.8 Å². The maximum absolute atomic E-state index is 14.8. The Balaban J connectivity index is 1.60. The minimum Gasteiger partial charge on any atom is -0.387 e. The molecule has 2 aliphatic rings. The highest BCUT2D eigenvalue weighted by Crippen LogP contribution is 2.28. The number of nitrogens with two attached hydrogens (primary N) is 1. The van der Waals surface area contributed by atoms with Gasteiger partial charge in [0.1, 0.15) is 17.3 Å². The molecule has 0 radical (unpaired) electrons. The van der Waals surface area contributed by atoms with E-state index in [4.69, 9.17) is 10.5 Å². The van der Waals surface area contributed by atoms with Crippen LogP contribution >= 0.6 is 0 Å². The number of carbonyl (C=O) groups excluding carboxylic acids is 1. The molecule has 0 saturated carbocycles. The highest BCUT2D eigenvalue weighted by atomic mass is 19.1. The van der Waals surface area contributed by atoms with E-state index in [1.54, 1.807) is 21.8 Å². The van der Waals surface area contributed by atoms with Crippen molar-refractivity contribution in [1.29, 1.82) is 0 Å². The lowest BCUT2D eigenvalue weighted by molar-refractivity contribution is -0.117. The van der Waals surface area contributed by atoms with Crippen molar-refractivity contribution in [3.05, 3.63) is 47.2 Å². The van der Waals surface area contributed by atoms with Crippen LogP contribution in [0.5, 0.6) is 0 Å². The maximum atomic E-state index is 14.8. The van der Waals surface area contributed by atoms with Gasteiger partial charge < -0.3 is 20.7 Å². The molecule has 3 N–H and O–H groups in total. The fourth-order valence-electron chi connectivity index (χ4n) is 3.72. The summed E-state index contributed by atoms with van der Waals surface area (Å²) in [7, 11) is 1.85. The first-order chi connectivity index (χ1) is 15.0. The van der Waals surface area contributed by atoms with Gasteiger partial charge in [-0.1, -0.05) is 6.07 Å². The molecule has 8 nitrogen and oxygen atoms in total. The van der Waals surface area contributed by atoms with Crippen molar-refractivity contribution in [3.63, 3.8) is 0 Å². The van der Waals surface area contributed by atoms with Gasteiger partial charge in [0, 0.05) is 55.0 Å². The molecule has 2 aromatic rings. The van der Waals surface area contributed by atoms with Gasteiger partial charge in [0.25, 0.3) is 0 Å². The van der Waals surface area contributed by atoms with E-state index in [0.29, 0.717) is 25.4 Å². The van der Waals surface area contributed by atoms with Crippen LogP contribution in [0.1, 0.15) is 12.1 Å². The van der Waals surface area contributed by atoms with E-state index in [1.165, 1.54) is 6.07 Å². The lowest BCUT2D eigenvalue weighted by Crippen LogP contribution is -2.42. The summed E-state index contributed by atoms with van der Waals surface area (Å²) in [5, 5.41) is 7.64. The average Bonchev–Trinajstić information content (AvgIpc) is 3.07. The van der Waals surface area contributed by atoms with Gasteiger partial charge in [-0.15, -0.1) is 0 Å². The number of ether oxygens (including phenoxy) is 1. The first kappa shape index (κ1) is 21.0. The molecule has 0 spiro atoms. The summed E-state index contributed by atoms with van der Waals surface area (Å²) in [5.41, 5.74) is 10.7. The molecule has 3 heterocycles. The van der Waals surface area contributed by atoms with Gasteiger partial charge in [-0.25, -0.2) is 9.38 Å². The molecule has 1 amide bonds. The molecule has 0 aliphatic carbocycles. The van der Waals surface area contributed by atoms with Crippen LogP contribution in [0, 0.1) is 18.7 Å². The first-order valence-corrected chi connectivity index (χ1v) is 10.3. The third-order valence-corrected chi connectivity index (χ3v) is 5.88. The number of aromatic nitrogens is 2. The number of carbonyl (C=O) groups is 1. The molecule has 164 valence electrons. The van der Waals surface area contributed by atoms with Crippen molar-refractivity contribution in [2.45, 2.75) is 13.3 Å². The van der Waals surface area contributed by atoms with Crippen LogP contribution in [0.4, 0.5) is 10.1 Å². The number of benzene rings is 1. The molecule has 1 fully saturated rings. The lowest BCUT2D eigenvalue weighted by atomic mass is 10.0. The van der Waals surface area contributed by atoms with E-state index >= 15 is 0 Å². The number of nitrogens with zero attached hydrogens (tertiary/aromatic N) is 4. The van der Waals surface area contributed by atoms with Crippen molar-refractivity contribution >= 4 is 17.9 Å². The Morgan fingerprint density at radius 3 is 2.87 bits per heavy atom. The largest absolute Gasteiger partial charge is 0.387 e. The van der Waals surface area contributed by atoms with Crippen molar-refractivity contribution < 1.29 is 13.9 Å². The summed E-state index contributed by atoms with van der Waals surface area (Å²) in [6.07, 6.45) is 3.17. The molecule has 1 saturated heterocycles. The molecule has 1 aromatic heterocycles. The quantitative estimate of drug-likeness (QED) is 0.400. The molecule has 1 aromatic carbocycles. The molecule has 0 unspecified atom stereocenters. The van der Waals surface area contributed by atoms with Crippen LogP contribution in [0.3, 0.4) is 0 Å². The number of halogens is 1. The Kier molecular flexibility index (Phi) is 6.03. The van der Waals surface area contributed by atoms with Gasteiger partial charge in [-0.05, 0) is 24.6 Å². The van der Waals surface area contributed by atoms with E-state index in [-0.39, 0.29) is 11.5 Å². The van der Waals surface area contributed by atoms with Crippen molar-refractivity contribution in [2.24, 2.45) is 23.7 Å². The van der Waals surface area contributed by atoms with E-state index in [9.17, 15) is 9.18 Å². The molecular formula is C22H27FN6O2. The number of amides is 1. The number of aliphatic imine (C=N–C) groups is 1. The minimum atomic E-state index is -0.464. The third-order valence-electron chi connectivity index (χ3n) is 5.88. The van der Waals surface area contributed by atoms with E-state index < -0.39 is 5.82 Å². The summed E-state index contributed by atoms with van der Waals surface area (Å²) >= 11 is 0. The number of amidine groups is 1. The zero-order valence-electron chi connectivity index (χ0n) is 17.8. The zero-order chi connectivity index (χ0) is 22.0. The number of nitrogens with one attached hydrogen (secondary N) is 1. The fourth-order valence-corrected chi connectivity index (χ4v) is 3.72. The van der Waals surface area contributed by atoms with E-state index in [0.717, 1.165) is 54.3 Å². The number of hydrogen-bond donors (Lipinski definition) is 2. The molecule has 0 bridgehead atoms. The van der Waals surface area contributed by atoms with Crippen LogP contribution < -0.4 is 11.1 Å². The Morgan fingerprint density at radius 1 is 1.45 bits per heavy atom. The monoisotopic (exact) mass is 426 g/mol. The Morgan fingerprint density at radius 2 is 2.26 bits per heavy atom. The second-order valence-electron chi connectivity index (χ2n) is 8.00. The normalized spacial score (nSPS) is 17.6. The zero-order valence-corrected chi connectivity index (χ0v) is 17.8. The van der Waals surface area contributed by atoms with Crippen LogP contribution in [0.2, 0.25) is 0 Å². The van der Waals surface area contributed by atoms with E-state index in [1.807, 2.05) is 20.0 Å². The maximum Gasteiger partial charge on any atom is 0.210 e. The number of aryl methyl sites for hydroxylation is 1. The fraction of sp³-hybridized carbons (Fsp3) is 0.409. The third kappa shape index (κ3) is 4.46. The molecule has 0 atom stereocenters. The van der Waals surface area contributed by atoms with Gasteiger partial charge in [-0.2, -0.15) is 5.10 Å². The highest BCUT2D eigenvalue weighted by molar-refractivity contribution is 6.00. The molecule has 4 rings (SSSR count). The molecule has 31 heavy (non-hydrogen) atoms. The van der Waals surface area contributed by atoms with Gasteiger partial charge in [0.05, 0.1) is 26.0 Å². The second-order valence-corrected chi connectivity index (χ2v) is 8.00. The summed E-state index contributed by atoms with van der Waals surface area (Å²) in [4.78, 5) is 17.3. The summed E-state index contributed by atoms with van der Waals surface area (Å²) < 4.78 is 21.8. The predicted molar refractivity (Wildman–Crippen MR) is 116 cm³/mol. The Hall–Kier alpha value is -3.20. The highest BCUT2D eigenvalue weighted by Gasteiger charge is 2.23. The molecular weight excluding hydrogens is 399 g/mol. The SMILES string of the molecule is Cc1c(-c2ccc(N=C(N)C3=C(NCC4COC4)CCN(C=O)C3)c(F)c2)cnn1C. The second kappa shape index (κ2) is 8.89. The number of hydrogen-bond acceptors (Lipinski definition) is 5. The number of rotatable bonds is 7. The smallest absolute Gasteiger partial charge is 0.210 e. The Bertz CT molecular complexity index is 1040. The summed E-state index contributed by atoms with van der Waals surface area (Å²) in [6, 6.07) is 4.87.